The second-order valence-electron chi connectivity index (χ2n) is 3.41. The van der Waals surface area contributed by atoms with Crippen LogP contribution in [0.15, 0.2) is 0 Å². The van der Waals surface area contributed by atoms with Gasteiger partial charge in [0.05, 0.1) is 16.6 Å². The molecule has 1 heterocycles. The van der Waals surface area contributed by atoms with Gasteiger partial charge in [-0.1, -0.05) is 13.8 Å². The fourth-order valence-electron chi connectivity index (χ4n) is 1.19. The maximum atomic E-state index is 10.7. The van der Waals surface area contributed by atoms with Crippen molar-refractivity contribution in [1.29, 1.82) is 0 Å². The van der Waals surface area contributed by atoms with Crippen molar-refractivity contribution in [1.82, 2.24) is 4.98 Å². The Morgan fingerprint density at radius 2 is 2.29 bits per heavy atom. The number of carboxylic acids is 1. The van der Waals surface area contributed by atoms with Crippen LogP contribution >= 0.6 is 11.3 Å². The summed E-state index contributed by atoms with van der Waals surface area (Å²) in [6, 6.07) is 0. The van der Waals surface area contributed by atoms with Crippen LogP contribution in [-0.2, 0) is 17.6 Å². The molecule has 0 amide bonds. The average Bonchev–Trinajstić information content (AvgIpc) is 2.47. The van der Waals surface area contributed by atoms with Gasteiger partial charge in [0.1, 0.15) is 0 Å². The van der Waals surface area contributed by atoms with E-state index in [4.69, 9.17) is 5.11 Å². The molecule has 1 aromatic rings. The first kappa shape index (κ1) is 11.2. The minimum atomic E-state index is -0.740. The van der Waals surface area contributed by atoms with Gasteiger partial charge in [-0.2, -0.15) is 0 Å². The van der Waals surface area contributed by atoms with Crippen molar-refractivity contribution in [3.05, 3.63) is 15.6 Å². The molecule has 1 N–H and O–H groups in total. The maximum Gasteiger partial charge on any atom is 0.306 e. The van der Waals surface area contributed by atoms with Gasteiger partial charge in [0.25, 0.3) is 0 Å². The highest BCUT2D eigenvalue weighted by Crippen LogP contribution is 2.21. The maximum absolute atomic E-state index is 10.7. The fourth-order valence-corrected chi connectivity index (χ4v) is 2.33. The lowest BCUT2D eigenvalue weighted by atomic mass is 10.1. The molecule has 0 aliphatic heterocycles. The number of aryl methyl sites for hydroxylation is 2. The van der Waals surface area contributed by atoms with E-state index in [1.54, 1.807) is 18.3 Å². The van der Waals surface area contributed by atoms with E-state index in [2.05, 4.69) is 11.9 Å². The van der Waals surface area contributed by atoms with Crippen LogP contribution in [0.25, 0.3) is 0 Å². The predicted octanol–water partition coefficient (Wildman–Crippen LogP) is 2.28. The normalized spacial score (nSPS) is 12.8. The van der Waals surface area contributed by atoms with E-state index in [1.165, 1.54) is 0 Å². The molecule has 0 fully saturated rings. The second-order valence-corrected chi connectivity index (χ2v) is 4.58. The van der Waals surface area contributed by atoms with E-state index >= 15 is 0 Å². The summed E-state index contributed by atoms with van der Waals surface area (Å²) in [6.07, 6.45) is 1.52. The molecule has 1 rings (SSSR count). The zero-order valence-corrected chi connectivity index (χ0v) is 9.52. The van der Waals surface area contributed by atoms with Gasteiger partial charge in [0.15, 0.2) is 0 Å². The quantitative estimate of drug-likeness (QED) is 0.834. The number of rotatable bonds is 4. The number of aromatic nitrogens is 1. The van der Waals surface area contributed by atoms with Crippen LogP contribution in [0.3, 0.4) is 0 Å². The van der Waals surface area contributed by atoms with E-state index in [1.807, 2.05) is 6.92 Å². The van der Waals surface area contributed by atoms with E-state index in [-0.39, 0.29) is 5.92 Å². The molecule has 0 bridgehead atoms. The van der Waals surface area contributed by atoms with Gasteiger partial charge >= 0.3 is 5.97 Å². The third kappa shape index (κ3) is 2.54. The minimum absolute atomic E-state index is 0.321. The van der Waals surface area contributed by atoms with E-state index in [0.29, 0.717) is 6.42 Å². The number of thiazole rings is 1. The largest absolute Gasteiger partial charge is 0.481 e. The first-order valence-electron chi connectivity index (χ1n) is 4.72. The zero-order chi connectivity index (χ0) is 10.7. The molecule has 4 heteroatoms. The summed E-state index contributed by atoms with van der Waals surface area (Å²) in [5, 5.41) is 9.88. The molecule has 1 aromatic heterocycles. The summed E-state index contributed by atoms with van der Waals surface area (Å²) >= 11 is 1.63. The molecular weight excluding hydrogens is 198 g/mol. The van der Waals surface area contributed by atoms with Gasteiger partial charge in [-0.25, -0.2) is 4.98 Å². The summed E-state index contributed by atoms with van der Waals surface area (Å²) in [5.41, 5.74) is 0.986. The highest BCUT2D eigenvalue weighted by atomic mass is 32.1. The summed E-state index contributed by atoms with van der Waals surface area (Å²) in [4.78, 5) is 16.2. The lowest BCUT2D eigenvalue weighted by Gasteiger charge is -2.03. The number of aliphatic carboxylic acids is 1. The van der Waals surface area contributed by atoms with Gasteiger partial charge in [-0.05, 0) is 19.8 Å². The second kappa shape index (κ2) is 4.55. The Hall–Kier alpha value is -0.900. The van der Waals surface area contributed by atoms with Gasteiger partial charge in [-0.15, -0.1) is 11.3 Å². The monoisotopic (exact) mass is 213 g/mol. The van der Waals surface area contributed by atoms with Gasteiger partial charge in [0.2, 0.25) is 0 Å². The van der Waals surface area contributed by atoms with Crippen LogP contribution < -0.4 is 0 Å². The van der Waals surface area contributed by atoms with Crippen molar-refractivity contribution >= 4 is 17.3 Å². The van der Waals surface area contributed by atoms with Gasteiger partial charge in [0, 0.05) is 4.88 Å². The number of nitrogens with zero attached hydrogens (tertiary/aromatic N) is 1. The van der Waals surface area contributed by atoms with E-state index in [9.17, 15) is 4.79 Å². The molecule has 0 aliphatic carbocycles. The molecule has 0 saturated heterocycles. The van der Waals surface area contributed by atoms with Crippen LogP contribution in [0, 0.1) is 12.8 Å². The SMILES string of the molecule is CCc1nc(C)c(CC(C)C(=O)O)s1. The van der Waals surface area contributed by atoms with Gasteiger partial charge < -0.3 is 5.11 Å². The lowest BCUT2D eigenvalue weighted by molar-refractivity contribution is -0.141. The van der Waals surface area contributed by atoms with Crippen molar-refractivity contribution in [2.75, 3.05) is 0 Å². The fraction of sp³-hybridized carbons (Fsp3) is 0.600. The molecule has 14 heavy (non-hydrogen) atoms. The Kier molecular flexibility index (Phi) is 3.63. The molecule has 0 radical (unpaired) electrons. The molecule has 1 unspecified atom stereocenters. The van der Waals surface area contributed by atoms with Crippen molar-refractivity contribution in [3.8, 4) is 0 Å². The highest BCUT2D eigenvalue weighted by Gasteiger charge is 2.15. The topological polar surface area (TPSA) is 50.2 Å². The van der Waals surface area contributed by atoms with E-state index < -0.39 is 5.97 Å². The zero-order valence-electron chi connectivity index (χ0n) is 8.70. The van der Waals surface area contributed by atoms with Crippen molar-refractivity contribution in [3.63, 3.8) is 0 Å². The standard InChI is InChI=1S/C10H15NO2S/c1-4-9-11-7(3)8(14-9)5-6(2)10(12)13/h6H,4-5H2,1-3H3,(H,12,13). The highest BCUT2D eigenvalue weighted by molar-refractivity contribution is 7.11. The van der Waals surface area contributed by atoms with Crippen LogP contribution in [0.1, 0.15) is 29.4 Å². The van der Waals surface area contributed by atoms with Crippen molar-refractivity contribution in [2.24, 2.45) is 5.92 Å². The lowest BCUT2D eigenvalue weighted by Crippen LogP contribution is -2.11. The van der Waals surface area contributed by atoms with Crippen LogP contribution in [0.5, 0.6) is 0 Å². The molecular formula is C10H15NO2S. The minimum Gasteiger partial charge on any atom is -0.481 e. The third-order valence-electron chi connectivity index (χ3n) is 2.15. The number of hydrogen-bond donors (Lipinski definition) is 1. The molecule has 0 aromatic carbocycles. The summed E-state index contributed by atoms with van der Waals surface area (Å²) in [6.45, 7) is 5.73. The molecule has 0 aliphatic rings. The smallest absolute Gasteiger partial charge is 0.306 e. The van der Waals surface area contributed by atoms with Crippen molar-refractivity contribution in [2.45, 2.75) is 33.6 Å². The Bertz CT molecular complexity index is 333. The Balaban J connectivity index is 2.75. The summed E-state index contributed by atoms with van der Waals surface area (Å²) in [5.74, 6) is -1.06. The van der Waals surface area contributed by atoms with Crippen LogP contribution in [0.4, 0.5) is 0 Å². The number of carbonyl (C=O) groups is 1. The number of carboxylic acid groups (broad SMARTS) is 1. The molecule has 78 valence electrons. The van der Waals surface area contributed by atoms with Crippen molar-refractivity contribution < 1.29 is 9.90 Å². The average molecular weight is 213 g/mol. The first-order chi connectivity index (χ1) is 6.54. The predicted molar refractivity (Wildman–Crippen MR) is 56.7 cm³/mol. The molecule has 1 atom stereocenters. The van der Waals surface area contributed by atoms with E-state index in [0.717, 1.165) is 22.0 Å². The van der Waals surface area contributed by atoms with Crippen LogP contribution in [-0.4, -0.2) is 16.1 Å². The Morgan fingerprint density at radius 3 is 2.71 bits per heavy atom. The van der Waals surface area contributed by atoms with Crippen LogP contribution in [0.2, 0.25) is 0 Å². The van der Waals surface area contributed by atoms with Gasteiger partial charge in [-0.3, -0.25) is 4.79 Å². The summed E-state index contributed by atoms with van der Waals surface area (Å²) in [7, 11) is 0. The first-order valence-corrected chi connectivity index (χ1v) is 5.54. The summed E-state index contributed by atoms with van der Waals surface area (Å²) < 4.78 is 0. The molecule has 0 saturated carbocycles. The molecule has 0 spiro atoms. The number of hydrogen-bond acceptors (Lipinski definition) is 3. The third-order valence-corrected chi connectivity index (χ3v) is 3.48. The molecule has 3 nitrogen and oxygen atoms in total. The Labute approximate surface area is 87.8 Å². The Morgan fingerprint density at radius 1 is 1.64 bits per heavy atom.